The zero-order chi connectivity index (χ0) is 108. The minimum Gasteiger partial charge on any atom is -0.444 e. The number of ether oxygens (including phenoxy) is 7. The number of hydrogen-bond acceptors (Lipinski definition) is 35. The minimum absolute atomic E-state index is 0. The fourth-order valence-electron chi connectivity index (χ4n) is 12.8. The standard InChI is InChI=1S/C20H28N4O4S2.2C13H28N2.C12H19N3O4S.C12H26N2.C11H8N2O5S.C7H11N3O2S.C7H16N2O2.ClH.I3.I2.HI/c1-12(2)18(16(25)6-17(26)28-9-15-7-21-11-30-15)23-20(27)24(5)8-14-10-29-19(22-14)13(3)4;2*1-12(2,3)14-11-7-9-15(10-8-11)13(4,5)6;1-12(2,3)19-11(17)15-5-4-14-10(16)18-7-9-6-13-8-20-9;1-11(2,3)13-7-9-14(10-8-13)12(4,5)6;14-11(17-6-10-5-12-7-19-10)18-9-3-1-8(2-4-9)13(15)16;8-1-2-10-7(11)12-4-6-3-9-5-13-6;1-7(2,3)11-6(10)9-5-4-8;;1-3-2;1-2;/h7,10-13,18H,6,8-9H2,1-5H3,(H,23,27);2*11,14H,7-10H2,1-6H3;6,8H,4-5,7H2,1-3H3,(H,14,16)(H,15,17);7-10H2,1-6H3;1-5,7H,6H2;3,5H,1-2,4,8H2,(H,10,11);4-5,8H2,1-3H3,(H,9,10);1H;;;1H/q;;;;;;;;;-1;;/t18-;;;;;;;;;;;/m0.........../s1. The quantitative estimate of drug-likeness (QED) is 0.00338. The van der Waals surface area contributed by atoms with Gasteiger partial charge in [-0.05, 0) is 210 Å². The summed E-state index contributed by atoms with van der Waals surface area (Å²) in [5.41, 5.74) is 18.6. The second kappa shape index (κ2) is 75.6. The molecule has 0 saturated carbocycles. The van der Waals surface area contributed by atoms with Gasteiger partial charge in [-0.25, -0.2) is 33.8 Å². The number of urea groups is 1. The van der Waals surface area contributed by atoms with Crippen LogP contribution in [0.4, 0.5) is 34.5 Å². The van der Waals surface area contributed by atoms with Crippen LogP contribution in [0.5, 0.6) is 5.75 Å². The third-order valence-corrected chi connectivity index (χ3v) is 23.8. The largest absolute Gasteiger partial charge is 0.514 e. The van der Waals surface area contributed by atoms with E-state index < -0.39 is 65.1 Å². The van der Waals surface area contributed by atoms with Crippen LogP contribution in [0.1, 0.15) is 262 Å². The molecule has 0 unspecified atom stereocenters. The molecule has 828 valence electrons. The zero-order valence-corrected chi connectivity index (χ0v) is 108. The second-order valence-corrected chi connectivity index (χ2v) is 62.4. The van der Waals surface area contributed by atoms with Crippen LogP contribution in [0.25, 0.3) is 0 Å². The summed E-state index contributed by atoms with van der Waals surface area (Å²) in [5.74, 6) is -0.653. The van der Waals surface area contributed by atoms with Crippen molar-refractivity contribution in [2.75, 3.05) is 98.7 Å². The van der Waals surface area contributed by atoms with Crippen LogP contribution in [0.2, 0.25) is 0 Å². The SMILES string of the molecule is CC(C)(C)N1CCN(C(C)(C)C)CC1.CC(C)(C)NC1CCN(C(C)(C)C)CC1.CC(C)(C)NC1CCN(C(C)(C)C)CC1.CC(C)(C)OC(=O)NCCN.CC(C)(C)OC(=O)NCCNC(=O)OCc1cncs1.CC(C)c1nc(CN(C)C(=O)N[C@H](C(=O)CC(=O)OCc2cncs2)C(C)C)cs1.Cl.I.II.I[I-]I.NCCNC(=O)OCc1cncs1.O=C(OCc1cncs1)Oc1ccc([N+](=O)[O-])cc1. The summed E-state index contributed by atoms with van der Waals surface area (Å²) in [7, 11) is 1.65. The van der Waals surface area contributed by atoms with E-state index in [1.165, 1.54) is 153 Å². The van der Waals surface area contributed by atoms with E-state index in [0.717, 1.165) is 30.2 Å². The van der Waals surface area contributed by atoms with E-state index in [1.54, 1.807) is 86.0 Å². The third-order valence-electron chi connectivity index (χ3n) is 19.6. The predicted octanol–water partition coefficient (Wildman–Crippen LogP) is 18.1. The number of carbonyl (C=O) groups excluding carboxylic acids is 8. The van der Waals surface area contributed by atoms with Crippen molar-refractivity contribution in [2.45, 2.75) is 327 Å². The number of nitro benzene ring substituents is 1. The maximum absolute atomic E-state index is 12.6. The summed E-state index contributed by atoms with van der Waals surface area (Å²) < 4.78 is 34.6. The van der Waals surface area contributed by atoms with Gasteiger partial charge in [-0.3, -0.25) is 59.2 Å². The number of rotatable bonds is 27. The second-order valence-electron chi connectivity index (χ2n) is 41.4. The van der Waals surface area contributed by atoms with Gasteiger partial charge in [0.25, 0.3) is 5.69 Å². The molecule has 0 bridgehead atoms. The van der Waals surface area contributed by atoms with Gasteiger partial charge < -0.3 is 86.7 Å². The first-order valence-corrected chi connectivity index (χ1v) is 70.2. The van der Waals surface area contributed by atoms with Gasteiger partial charge in [-0.1, -0.05) is 27.7 Å². The Balaban J connectivity index is -0.00000159. The zero-order valence-electron chi connectivity index (χ0n) is 89.6. The van der Waals surface area contributed by atoms with Crippen molar-refractivity contribution in [3.8, 4) is 5.75 Å². The number of ketones is 1. The normalized spacial score (nSPS) is 14.0. The molecule has 6 amide bonds. The summed E-state index contributed by atoms with van der Waals surface area (Å²) in [6.45, 7) is 72.8. The number of carbonyl (C=O) groups is 8. The summed E-state index contributed by atoms with van der Waals surface area (Å²) in [6.07, 6.45) is 8.47. The monoisotopic (exact) mass is 2820 g/mol. The molecule has 11 N–H and O–H groups in total. The maximum atomic E-state index is 12.6. The summed E-state index contributed by atoms with van der Waals surface area (Å²) in [4.78, 5) is 138. The molecule has 3 fully saturated rings. The van der Waals surface area contributed by atoms with Crippen LogP contribution >= 0.6 is 168 Å². The number of non-ortho nitro benzene ring substituents is 1. The van der Waals surface area contributed by atoms with Gasteiger partial charge in [0.2, 0.25) is 0 Å². The predicted molar refractivity (Wildman–Crippen MR) is 625 cm³/mol. The molecule has 144 heavy (non-hydrogen) atoms. The number of nitrogens with one attached hydrogen (secondary N) is 7. The van der Waals surface area contributed by atoms with Crippen LogP contribution < -0.4 is 66.7 Å². The molecule has 6 aromatic rings. The number of alkyl carbamates (subject to hydrolysis) is 4. The number of amides is 6. The fraction of sp³-hybridized carbons (Fsp3) is 0.695. The first kappa shape index (κ1) is 144. The Morgan fingerprint density at radius 1 is 0.507 bits per heavy atom. The number of nitrogens with two attached hydrogens (primary N) is 2. The Morgan fingerprint density at radius 3 is 1.13 bits per heavy atom. The molecule has 9 rings (SSSR count). The van der Waals surface area contributed by atoms with E-state index >= 15 is 0 Å². The molecule has 0 aliphatic carbocycles. The number of thiazole rings is 5. The van der Waals surface area contributed by atoms with Gasteiger partial charge in [0.15, 0.2) is 5.78 Å². The van der Waals surface area contributed by atoms with Crippen molar-refractivity contribution < 1.29 is 89.7 Å². The van der Waals surface area contributed by atoms with Gasteiger partial charge in [0, 0.05) is 229 Å². The van der Waals surface area contributed by atoms with Crippen molar-refractivity contribution in [1.82, 2.24) is 86.6 Å². The Bertz CT molecular complexity index is 4350. The van der Waals surface area contributed by atoms with Crippen molar-refractivity contribution >= 4 is 222 Å². The van der Waals surface area contributed by atoms with Crippen molar-refractivity contribution in [3.63, 3.8) is 0 Å². The van der Waals surface area contributed by atoms with Crippen LogP contribution in [-0.2, 0) is 71.0 Å². The van der Waals surface area contributed by atoms with Gasteiger partial charge in [0.1, 0.15) is 49.8 Å². The van der Waals surface area contributed by atoms with Crippen molar-refractivity contribution in [3.05, 3.63) is 117 Å². The first-order valence-electron chi connectivity index (χ1n) is 46.9. The number of nitrogens with zero attached hydrogens (tertiary/aromatic N) is 11. The molecule has 3 aliphatic rings. The van der Waals surface area contributed by atoms with Gasteiger partial charge in [0.05, 0.1) is 69.8 Å². The van der Waals surface area contributed by atoms with Crippen LogP contribution in [0.3, 0.4) is 0 Å². The Morgan fingerprint density at radius 2 is 0.833 bits per heavy atom. The number of piperidine rings is 2. The summed E-state index contributed by atoms with van der Waals surface area (Å²) in [6, 6.07) is 5.39. The smallest absolute Gasteiger partial charge is 0.444 e. The van der Waals surface area contributed by atoms with E-state index in [9.17, 15) is 48.5 Å². The van der Waals surface area contributed by atoms with E-state index in [2.05, 4.69) is 295 Å². The Labute approximate surface area is 953 Å². The molecule has 0 spiro atoms. The Kier molecular flexibility index (Phi) is 75.6. The number of benzene rings is 1. The molecule has 1 atom stereocenters. The first-order chi connectivity index (χ1) is 66.0. The molecule has 1 aromatic carbocycles. The average molecular weight is 2820 g/mol. The maximum Gasteiger partial charge on any atom is 0.514 e. The molecule has 49 heteroatoms. The molecule has 8 heterocycles. The van der Waals surface area contributed by atoms with Crippen LogP contribution in [0.15, 0.2) is 76.5 Å². The van der Waals surface area contributed by atoms with Crippen molar-refractivity contribution in [2.24, 2.45) is 17.4 Å². The number of esters is 1. The molecular formula is C95H166ClI6N20O17S5-. The number of nitro groups is 1. The molecular weight excluding hydrogens is 2650 g/mol. The molecule has 3 saturated heterocycles. The fourth-order valence-corrected chi connectivity index (χ4v) is 15.6. The van der Waals surface area contributed by atoms with Crippen molar-refractivity contribution in [1.29, 1.82) is 0 Å². The Hall–Kier alpha value is -4.12. The molecule has 37 nitrogen and oxygen atoms in total. The topological polar surface area (TPSA) is 461 Å². The van der Waals surface area contributed by atoms with Gasteiger partial charge >= 0.3 is 93.0 Å². The molecule has 3 aliphatic heterocycles. The molecule has 5 aromatic heterocycles. The van der Waals surface area contributed by atoms with E-state index in [-0.39, 0.29) is 116 Å². The van der Waals surface area contributed by atoms with Crippen LogP contribution in [0, 0.1) is 16.0 Å². The minimum atomic E-state index is -0.873. The van der Waals surface area contributed by atoms with Gasteiger partial charge in [-0.2, -0.15) is 0 Å². The van der Waals surface area contributed by atoms with E-state index in [4.69, 9.17) is 44.6 Å². The number of aromatic nitrogens is 5. The number of halogens is 7. The average Bonchev–Trinajstić information content (AvgIpc) is 1.11. The van der Waals surface area contributed by atoms with Gasteiger partial charge in [-0.15, -0.1) is 93.1 Å². The summed E-state index contributed by atoms with van der Waals surface area (Å²) >= 11 is 16.7. The summed E-state index contributed by atoms with van der Waals surface area (Å²) in [5, 5.41) is 33.6. The number of piperazine rings is 1. The molecule has 0 radical (unpaired) electrons. The number of likely N-dealkylation sites (tertiary alicyclic amines) is 2. The third kappa shape index (κ3) is 73.2. The number of hydrogen-bond donors (Lipinski definition) is 9. The van der Waals surface area contributed by atoms with E-state index in [1.807, 2.05) is 40.0 Å². The number of Topliss-reactive ketones (excluding diaryl/α,β-unsaturated/α-hetero) is 1. The van der Waals surface area contributed by atoms with Crippen LogP contribution in [-0.4, -0.2) is 264 Å². The van der Waals surface area contributed by atoms with E-state index in [0.29, 0.717) is 86.1 Å².